The van der Waals surface area contributed by atoms with E-state index in [0.717, 1.165) is 25.9 Å². The highest BCUT2D eigenvalue weighted by Gasteiger charge is 2.13. The maximum absolute atomic E-state index is 12.0. The Kier molecular flexibility index (Phi) is 9.92. The van der Waals surface area contributed by atoms with Gasteiger partial charge in [0.1, 0.15) is 0 Å². The summed E-state index contributed by atoms with van der Waals surface area (Å²) in [6.45, 7) is 4.97. The number of amides is 1. The predicted octanol–water partition coefficient (Wildman–Crippen LogP) is 0.541. The molecule has 0 rings (SSSR count). The number of nitrogens with two attached hydrogens (primary N) is 1. The van der Waals surface area contributed by atoms with E-state index < -0.39 is 0 Å². The molecule has 5 nitrogen and oxygen atoms in total. The Morgan fingerprint density at radius 2 is 1.94 bits per heavy atom. The highest BCUT2D eigenvalue weighted by Crippen LogP contribution is 2.02. The third-order valence-electron chi connectivity index (χ3n) is 2.76. The molecule has 0 aliphatic carbocycles. The van der Waals surface area contributed by atoms with Gasteiger partial charge in [-0.15, -0.1) is 0 Å². The minimum atomic E-state index is 0.0833. The molecule has 1 atom stereocenters. The van der Waals surface area contributed by atoms with Crippen LogP contribution in [0.15, 0.2) is 0 Å². The fourth-order valence-corrected chi connectivity index (χ4v) is 1.65. The van der Waals surface area contributed by atoms with Crippen LogP contribution >= 0.6 is 0 Å². The monoisotopic (exact) mass is 259 g/mol. The Morgan fingerprint density at radius 3 is 2.44 bits per heavy atom. The van der Waals surface area contributed by atoms with Gasteiger partial charge in [0.25, 0.3) is 0 Å². The van der Waals surface area contributed by atoms with Crippen LogP contribution in [0.1, 0.15) is 26.2 Å². The zero-order valence-corrected chi connectivity index (χ0v) is 12.3. The maximum Gasteiger partial charge on any atom is 0.222 e. The molecule has 0 radical (unpaired) electrons. The predicted molar refractivity (Wildman–Crippen MR) is 74.5 cm³/mol. The van der Waals surface area contributed by atoms with Crippen molar-refractivity contribution < 1.29 is 9.53 Å². The smallest absolute Gasteiger partial charge is 0.222 e. The molecule has 2 N–H and O–H groups in total. The van der Waals surface area contributed by atoms with Gasteiger partial charge in [0.2, 0.25) is 5.91 Å². The van der Waals surface area contributed by atoms with Crippen molar-refractivity contribution in [2.24, 2.45) is 5.73 Å². The van der Waals surface area contributed by atoms with Crippen molar-refractivity contribution in [3.8, 4) is 0 Å². The van der Waals surface area contributed by atoms with Crippen LogP contribution in [0.25, 0.3) is 0 Å². The van der Waals surface area contributed by atoms with E-state index in [1.54, 1.807) is 7.11 Å². The first kappa shape index (κ1) is 17.4. The zero-order chi connectivity index (χ0) is 14.0. The Hall–Kier alpha value is -0.650. The van der Waals surface area contributed by atoms with Gasteiger partial charge in [-0.3, -0.25) is 4.79 Å². The zero-order valence-electron chi connectivity index (χ0n) is 12.3. The lowest BCUT2D eigenvalue weighted by Crippen LogP contribution is -2.36. The number of rotatable bonds is 10. The van der Waals surface area contributed by atoms with Crippen molar-refractivity contribution in [2.45, 2.75) is 32.2 Å². The number of carbonyl (C=O) groups is 1. The summed E-state index contributed by atoms with van der Waals surface area (Å²) in [4.78, 5) is 16.0. The topological polar surface area (TPSA) is 58.8 Å². The third-order valence-corrected chi connectivity index (χ3v) is 2.76. The van der Waals surface area contributed by atoms with E-state index in [2.05, 4.69) is 4.90 Å². The molecule has 0 heterocycles. The summed E-state index contributed by atoms with van der Waals surface area (Å²) in [5.74, 6) is 0.183. The highest BCUT2D eigenvalue weighted by atomic mass is 16.5. The van der Waals surface area contributed by atoms with Crippen molar-refractivity contribution in [3.05, 3.63) is 0 Å². The van der Waals surface area contributed by atoms with E-state index in [4.69, 9.17) is 10.5 Å². The summed E-state index contributed by atoms with van der Waals surface area (Å²) in [6, 6.07) is 0.0833. The standard InChI is InChI=1S/C13H29N3O2/c1-12(14)6-7-13(17)16(10-11-18-4)9-5-8-15(2)3/h12H,5-11,14H2,1-4H3. The van der Waals surface area contributed by atoms with Gasteiger partial charge in [-0.2, -0.15) is 0 Å². The van der Waals surface area contributed by atoms with Crippen molar-refractivity contribution in [1.82, 2.24) is 9.80 Å². The molecule has 0 spiro atoms. The SMILES string of the molecule is COCCN(CCCN(C)C)C(=O)CCC(C)N. The number of hydrogen-bond donors (Lipinski definition) is 1. The minimum absolute atomic E-state index is 0.0833. The van der Waals surface area contributed by atoms with E-state index >= 15 is 0 Å². The van der Waals surface area contributed by atoms with Gasteiger partial charge in [0.15, 0.2) is 0 Å². The average molecular weight is 259 g/mol. The fourth-order valence-electron chi connectivity index (χ4n) is 1.65. The molecule has 0 saturated carbocycles. The largest absolute Gasteiger partial charge is 0.383 e. The van der Waals surface area contributed by atoms with Crippen LogP contribution in [-0.4, -0.2) is 69.2 Å². The molecule has 0 saturated heterocycles. The van der Waals surface area contributed by atoms with E-state index in [0.29, 0.717) is 19.6 Å². The molecule has 1 amide bonds. The summed E-state index contributed by atoms with van der Waals surface area (Å²) in [7, 11) is 5.74. The Bertz CT molecular complexity index is 220. The molecular formula is C13H29N3O2. The molecule has 0 aromatic heterocycles. The first-order valence-corrected chi connectivity index (χ1v) is 6.64. The highest BCUT2D eigenvalue weighted by molar-refractivity contribution is 5.76. The van der Waals surface area contributed by atoms with Gasteiger partial charge in [0.05, 0.1) is 6.61 Å². The van der Waals surface area contributed by atoms with Crippen molar-refractivity contribution in [2.75, 3.05) is 47.4 Å². The van der Waals surface area contributed by atoms with Gasteiger partial charge < -0.3 is 20.3 Å². The van der Waals surface area contributed by atoms with Gasteiger partial charge in [-0.05, 0) is 40.4 Å². The van der Waals surface area contributed by atoms with Gasteiger partial charge >= 0.3 is 0 Å². The fraction of sp³-hybridized carbons (Fsp3) is 0.923. The lowest BCUT2D eigenvalue weighted by atomic mass is 10.2. The van der Waals surface area contributed by atoms with Crippen LogP contribution in [0.2, 0.25) is 0 Å². The lowest BCUT2D eigenvalue weighted by molar-refractivity contribution is -0.132. The number of ether oxygens (including phenoxy) is 1. The van der Waals surface area contributed by atoms with Crippen LogP contribution in [0.4, 0.5) is 0 Å². The quantitative estimate of drug-likeness (QED) is 0.622. The first-order valence-electron chi connectivity index (χ1n) is 6.64. The lowest BCUT2D eigenvalue weighted by Gasteiger charge is -2.23. The summed E-state index contributed by atoms with van der Waals surface area (Å²) in [5.41, 5.74) is 5.68. The molecule has 108 valence electrons. The second kappa shape index (κ2) is 10.3. The summed E-state index contributed by atoms with van der Waals surface area (Å²) < 4.78 is 5.05. The number of hydrogen-bond acceptors (Lipinski definition) is 4. The molecule has 0 bridgehead atoms. The molecule has 0 fully saturated rings. The van der Waals surface area contributed by atoms with Crippen molar-refractivity contribution in [1.29, 1.82) is 0 Å². The minimum Gasteiger partial charge on any atom is -0.383 e. The van der Waals surface area contributed by atoms with Crippen LogP contribution in [0, 0.1) is 0 Å². The Morgan fingerprint density at radius 1 is 1.28 bits per heavy atom. The van der Waals surface area contributed by atoms with Crippen molar-refractivity contribution >= 4 is 5.91 Å². The van der Waals surface area contributed by atoms with E-state index in [-0.39, 0.29) is 11.9 Å². The molecule has 0 aliphatic rings. The maximum atomic E-state index is 12.0. The molecule has 0 aromatic rings. The normalized spacial score (nSPS) is 12.8. The van der Waals surface area contributed by atoms with Crippen molar-refractivity contribution in [3.63, 3.8) is 0 Å². The number of carbonyl (C=O) groups excluding carboxylic acids is 1. The molecule has 18 heavy (non-hydrogen) atoms. The molecular weight excluding hydrogens is 230 g/mol. The van der Waals surface area contributed by atoms with Crippen LogP contribution in [0.3, 0.4) is 0 Å². The van der Waals surface area contributed by atoms with Crippen LogP contribution in [-0.2, 0) is 9.53 Å². The Labute approximate surface area is 111 Å². The second-order valence-corrected chi connectivity index (χ2v) is 5.05. The van der Waals surface area contributed by atoms with Gasteiger partial charge in [0, 0.05) is 32.7 Å². The van der Waals surface area contributed by atoms with E-state index in [9.17, 15) is 4.79 Å². The van der Waals surface area contributed by atoms with E-state index in [1.807, 2.05) is 25.9 Å². The number of nitrogens with zero attached hydrogens (tertiary/aromatic N) is 2. The van der Waals surface area contributed by atoms with Crippen LogP contribution in [0.5, 0.6) is 0 Å². The first-order chi connectivity index (χ1) is 8.47. The molecule has 5 heteroatoms. The summed E-state index contributed by atoms with van der Waals surface area (Å²) in [6.07, 6.45) is 2.26. The molecule has 0 aromatic carbocycles. The molecule has 1 unspecified atom stereocenters. The second-order valence-electron chi connectivity index (χ2n) is 5.05. The summed E-state index contributed by atoms with van der Waals surface area (Å²) in [5, 5.41) is 0. The van der Waals surface area contributed by atoms with Gasteiger partial charge in [-0.1, -0.05) is 0 Å². The summed E-state index contributed by atoms with van der Waals surface area (Å²) >= 11 is 0. The molecule has 0 aliphatic heterocycles. The number of methoxy groups -OCH3 is 1. The van der Waals surface area contributed by atoms with Crippen LogP contribution < -0.4 is 5.73 Å². The van der Waals surface area contributed by atoms with Gasteiger partial charge in [-0.25, -0.2) is 0 Å². The van der Waals surface area contributed by atoms with E-state index in [1.165, 1.54) is 0 Å². The Balaban J connectivity index is 4.06. The average Bonchev–Trinajstić information content (AvgIpc) is 2.30. The third kappa shape index (κ3) is 9.39.